The molecule has 0 aromatic rings. The van der Waals surface area contributed by atoms with Gasteiger partial charge in [0.05, 0.1) is 0 Å². The van der Waals surface area contributed by atoms with Crippen molar-refractivity contribution in [1.29, 1.82) is 0 Å². The minimum Gasteiger partial charge on any atom is -0.810 e. The van der Waals surface area contributed by atoms with Crippen LogP contribution in [0.25, 0.3) is 0 Å². The Kier molecular flexibility index (Phi) is 39.3. The second-order valence-electron chi connectivity index (χ2n) is 2.93. The molecule has 0 amide bonds. The van der Waals surface area contributed by atoms with Crippen LogP contribution in [-0.2, 0) is 30.2 Å². The zero-order valence-electron chi connectivity index (χ0n) is 11.9. The molecule has 0 fully saturated rings. The molecule has 0 radical (unpaired) electrons. The molecule has 0 rings (SSSR count). The maximum atomic E-state index is 10.3. The Hall–Kier alpha value is 7.45. The third-order valence-corrected chi connectivity index (χ3v) is 3.36. The Balaban J connectivity index is -0.000000112. The van der Waals surface area contributed by atoms with Crippen LogP contribution in [0.3, 0.4) is 0 Å². The van der Waals surface area contributed by atoms with E-state index in [1.54, 1.807) is 0 Å². The Bertz CT molecular complexity index is 325. The summed E-state index contributed by atoms with van der Waals surface area (Å²) in [6.07, 6.45) is -4.55. The van der Waals surface area contributed by atoms with Crippen molar-refractivity contribution in [2.45, 2.75) is 0 Å². The monoisotopic (exact) mass is 507 g/mol. The smallest absolute Gasteiger partial charge is 0.810 e. The summed E-state index contributed by atoms with van der Waals surface area (Å²) in [5, 5.41) is 0. The fraction of sp³-hybridized carbons (Fsp3) is 1.00. The molecule has 0 aliphatic heterocycles. The first-order valence-electron chi connectivity index (χ1n) is 3.54. The standard InChI is InChI=1S/C3H12NO9P3.4K.Ni/c5-14(6,7)1-4(2-15(8,9)10)3-16(11,12)13;;;;;/h1-3H2,(H2,5,6,7)(H2,8,9,10)(H2,11,12,13);;;;;/q;4*+1;+2/p-6. The van der Waals surface area contributed by atoms with Crippen LogP contribution < -0.4 is 235 Å². The van der Waals surface area contributed by atoms with Crippen LogP contribution in [0.5, 0.6) is 0 Å². The third kappa shape index (κ3) is 35.3. The summed E-state index contributed by atoms with van der Waals surface area (Å²) < 4.78 is 30.8. The van der Waals surface area contributed by atoms with E-state index < -0.39 is 41.6 Å². The van der Waals surface area contributed by atoms with E-state index in [1.165, 1.54) is 0 Å². The first-order chi connectivity index (χ1) is 6.79. The van der Waals surface area contributed by atoms with Crippen molar-refractivity contribution >= 4 is 22.8 Å². The zero-order chi connectivity index (χ0) is 13.2. The molecule has 0 aliphatic rings. The molecule has 0 aromatic heterocycles. The molecule has 18 heteroatoms. The summed E-state index contributed by atoms with van der Waals surface area (Å²) >= 11 is 0. The van der Waals surface area contributed by atoms with Gasteiger partial charge in [-0.15, -0.1) is 0 Å². The molecule has 0 spiro atoms. The van der Waals surface area contributed by atoms with Gasteiger partial charge in [0, 0.05) is 18.9 Å². The number of hydrogen-bond donors (Lipinski definition) is 0. The third-order valence-electron chi connectivity index (χ3n) is 1.12. The Morgan fingerprint density at radius 1 is 0.571 bits per heavy atom. The van der Waals surface area contributed by atoms with Crippen molar-refractivity contribution in [1.82, 2.24) is 4.90 Å². The van der Waals surface area contributed by atoms with Crippen LogP contribution in [0.15, 0.2) is 0 Å². The van der Waals surface area contributed by atoms with Gasteiger partial charge in [0.15, 0.2) is 0 Å². The minimum atomic E-state index is -5.27. The minimum absolute atomic E-state index is 0. The van der Waals surface area contributed by atoms with Gasteiger partial charge in [-0.25, -0.2) is 0 Å². The van der Waals surface area contributed by atoms with E-state index in [0.717, 1.165) is 0 Å². The van der Waals surface area contributed by atoms with Gasteiger partial charge in [0.25, 0.3) is 0 Å². The van der Waals surface area contributed by atoms with Gasteiger partial charge in [-0.2, -0.15) is 0 Å². The fourth-order valence-corrected chi connectivity index (χ4v) is 3.41. The summed E-state index contributed by atoms with van der Waals surface area (Å²) in [7, 11) is -15.8. The predicted molar refractivity (Wildman–Crippen MR) is 39.3 cm³/mol. The fourth-order valence-electron chi connectivity index (χ4n) is 0.869. The van der Waals surface area contributed by atoms with E-state index in [-0.39, 0.29) is 227 Å². The van der Waals surface area contributed by atoms with Crippen LogP contribution in [0.1, 0.15) is 0 Å². The molecule has 0 saturated carbocycles. The van der Waals surface area contributed by atoms with E-state index >= 15 is 0 Å². The van der Waals surface area contributed by atoms with E-state index in [1.807, 2.05) is 0 Å². The maximum absolute atomic E-state index is 10.3. The number of hydrogen-bond acceptors (Lipinski definition) is 10. The summed E-state index contributed by atoms with van der Waals surface area (Å²) in [5.41, 5.74) is 0. The van der Waals surface area contributed by atoms with Gasteiger partial charge in [0.1, 0.15) is 0 Å². The second kappa shape index (κ2) is 19.4. The molecular formula is C3H6K4NNiO9P3. The van der Waals surface area contributed by atoms with Gasteiger partial charge < -0.3 is 43.1 Å². The zero-order valence-corrected chi connectivity index (χ0v) is 28.1. The second-order valence-corrected chi connectivity index (χ2v) is 7.44. The molecule has 0 saturated heterocycles. The van der Waals surface area contributed by atoms with E-state index in [0.29, 0.717) is 0 Å². The quantitative estimate of drug-likeness (QED) is 0.246. The van der Waals surface area contributed by atoms with Gasteiger partial charge in [-0.3, -0.25) is 4.90 Å². The molecule has 0 unspecified atom stereocenters. The van der Waals surface area contributed by atoms with E-state index in [9.17, 15) is 43.1 Å². The largest absolute Gasteiger partial charge is 2.00 e. The van der Waals surface area contributed by atoms with Crippen molar-refractivity contribution in [3.05, 3.63) is 0 Å². The first-order valence-corrected chi connectivity index (χ1v) is 8.72. The molecule has 0 atom stereocenters. The molecule has 0 aromatic carbocycles. The maximum Gasteiger partial charge on any atom is 2.00 e. The van der Waals surface area contributed by atoms with E-state index in [2.05, 4.69) is 0 Å². The summed E-state index contributed by atoms with van der Waals surface area (Å²) in [5.74, 6) is 0. The first kappa shape index (κ1) is 42.5. The summed E-state index contributed by atoms with van der Waals surface area (Å²) in [6.45, 7) is 0. The normalized spacial score (nSPS) is 11.0. The number of nitrogens with zero attached hydrogens (tertiary/aromatic N) is 1. The van der Waals surface area contributed by atoms with Crippen LogP contribution in [-0.4, -0.2) is 23.8 Å². The van der Waals surface area contributed by atoms with Crippen molar-refractivity contribution in [3.63, 3.8) is 0 Å². The molecule has 21 heavy (non-hydrogen) atoms. The molecular weight excluding hydrogens is 502 g/mol. The van der Waals surface area contributed by atoms with Crippen LogP contribution in [0.2, 0.25) is 0 Å². The van der Waals surface area contributed by atoms with Crippen LogP contribution >= 0.6 is 22.8 Å². The molecule has 0 heterocycles. The van der Waals surface area contributed by atoms with Gasteiger partial charge in [-0.1, -0.05) is 22.8 Å². The van der Waals surface area contributed by atoms with Gasteiger partial charge in [-0.05, 0) is 0 Å². The molecule has 0 aliphatic carbocycles. The number of rotatable bonds is 6. The van der Waals surface area contributed by atoms with E-state index in [4.69, 9.17) is 0 Å². The Labute approximate surface area is 302 Å². The predicted octanol–water partition coefficient (Wildman–Crippen LogP) is -17.1. The Morgan fingerprint density at radius 3 is 0.810 bits per heavy atom. The van der Waals surface area contributed by atoms with Crippen LogP contribution in [0.4, 0.5) is 0 Å². The van der Waals surface area contributed by atoms with Crippen molar-refractivity contribution in [2.75, 3.05) is 18.9 Å². The van der Waals surface area contributed by atoms with Crippen LogP contribution in [0, 0.1) is 0 Å². The average molecular weight is 508 g/mol. The molecule has 0 bridgehead atoms. The SMILES string of the molecule is O=P([O-])([O-])CN(CP(=O)([O-])[O-])CP(=O)([O-])[O-].[K+].[K+].[K+].[K+].[Ni+2]. The van der Waals surface area contributed by atoms with Crippen molar-refractivity contribution in [3.8, 4) is 0 Å². The van der Waals surface area contributed by atoms with Crippen molar-refractivity contribution in [2.24, 2.45) is 0 Å². The Morgan fingerprint density at radius 2 is 0.714 bits per heavy atom. The summed E-state index contributed by atoms with van der Waals surface area (Å²) in [6, 6.07) is 0. The van der Waals surface area contributed by atoms with Crippen molar-refractivity contribution < 1.29 is 265 Å². The average Bonchev–Trinajstić information content (AvgIpc) is 1.70. The summed E-state index contributed by atoms with van der Waals surface area (Å²) in [4.78, 5) is 61.5. The van der Waals surface area contributed by atoms with Gasteiger partial charge >= 0.3 is 222 Å². The molecule has 106 valence electrons. The molecule has 0 N–H and O–H groups in total. The topological polar surface area (TPSA) is 193 Å². The van der Waals surface area contributed by atoms with Gasteiger partial charge in [0.2, 0.25) is 0 Å². The molecule has 10 nitrogen and oxygen atoms in total.